The lowest BCUT2D eigenvalue weighted by molar-refractivity contribution is 0.457. The fraction of sp³-hybridized carbons (Fsp3) is 0.600. The lowest BCUT2D eigenvalue weighted by Gasteiger charge is -2.09. The molecule has 1 saturated carbocycles. The molecule has 100 valence electrons. The first-order chi connectivity index (χ1) is 8.26. The van der Waals surface area contributed by atoms with E-state index in [-0.39, 0.29) is 0 Å². The van der Waals surface area contributed by atoms with Crippen molar-refractivity contribution in [3.63, 3.8) is 0 Å². The molecule has 0 unspecified atom stereocenters. The van der Waals surface area contributed by atoms with E-state index >= 15 is 0 Å². The van der Waals surface area contributed by atoms with Crippen LogP contribution >= 0.6 is 15.9 Å². The molecular weight excluding hydrogens is 288 g/mol. The summed E-state index contributed by atoms with van der Waals surface area (Å²) in [6.07, 6.45) is 0. The van der Waals surface area contributed by atoms with Crippen LogP contribution in [-0.2, 0) is 6.54 Å². The fourth-order valence-corrected chi connectivity index (χ4v) is 3.31. The van der Waals surface area contributed by atoms with Crippen LogP contribution in [0.2, 0.25) is 0 Å². The van der Waals surface area contributed by atoms with E-state index in [1.807, 2.05) is 18.2 Å². The lowest BCUT2D eigenvalue weighted by Crippen LogP contribution is -2.19. The summed E-state index contributed by atoms with van der Waals surface area (Å²) in [5.74, 6) is 0.754. The van der Waals surface area contributed by atoms with Crippen LogP contribution in [0.3, 0.4) is 0 Å². The van der Waals surface area contributed by atoms with Crippen molar-refractivity contribution in [2.45, 2.75) is 34.2 Å². The highest BCUT2D eigenvalue weighted by molar-refractivity contribution is 9.10. The highest BCUT2D eigenvalue weighted by Crippen LogP contribution is 2.67. The van der Waals surface area contributed by atoms with E-state index in [0.717, 1.165) is 29.2 Å². The molecular formula is C15H23BrN2. The number of hydrogen-bond acceptors (Lipinski definition) is 2. The van der Waals surface area contributed by atoms with E-state index in [2.05, 4.69) is 48.9 Å². The molecule has 1 aliphatic rings. The third kappa shape index (κ3) is 2.30. The third-order valence-electron chi connectivity index (χ3n) is 5.05. The molecule has 1 aromatic carbocycles. The second-order valence-electron chi connectivity index (χ2n) is 6.48. The van der Waals surface area contributed by atoms with Gasteiger partial charge in [0.1, 0.15) is 0 Å². The van der Waals surface area contributed by atoms with Crippen LogP contribution in [0.1, 0.15) is 33.3 Å². The Bertz CT molecular complexity index is 438. The maximum atomic E-state index is 5.81. The number of nitrogens with one attached hydrogen (secondary N) is 1. The van der Waals surface area contributed by atoms with Gasteiger partial charge < -0.3 is 11.1 Å². The Morgan fingerprint density at radius 1 is 1.22 bits per heavy atom. The molecule has 1 fully saturated rings. The summed E-state index contributed by atoms with van der Waals surface area (Å²) in [7, 11) is 0. The summed E-state index contributed by atoms with van der Waals surface area (Å²) in [5.41, 5.74) is 8.76. The van der Waals surface area contributed by atoms with Gasteiger partial charge in [-0.1, -0.05) is 43.6 Å². The summed E-state index contributed by atoms with van der Waals surface area (Å²) in [6.45, 7) is 11.4. The Labute approximate surface area is 118 Å². The second-order valence-corrected chi connectivity index (χ2v) is 7.33. The minimum Gasteiger partial charge on any atom is -0.399 e. The molecule has 3 N–H and O–H groups in total. The number of hydrogen-bond donors (Lipinski definition) is 2. The van der Waals surface area contributed by atoms with Crippen molar-refractivity contribution in [3.8, 4) is 0 Å². The number of nitrogens with two attached hydrogens (primary N) is 1. The largest absolute Gasteiger partial charge is 0.399 e. The summed E-state index contributed by atoms with van der Waals surface area (Å²) >= 11 is 3.56. The quantitative estimate of drug-likeness (QED) is 0.830. The van der Waals surface area contributed by atoms with Gasteiger partial charge in [0.25, 0.3) is 0 Å². The molecule has 0 aromatic heterocycles. The second kappa shape index (κ2) is 4.53. The van der Waals surface area contributed by atoms with E-state index < -0.39 is 0 Å². The van der Waals surface area contributed by atoms with Gasteiger partial charge in [-0.05, 0) is 47.1 Å². The van der Waals surface area contributed by atoms with Gasteiger partial charge in [-0.25, -0.2) is 0 Å². The van der Waals surface area contributed by atoms with Gasteiger partial charge in [-0.15, -0.1) is 0 Å². The first kappa shape index (κ1) is 13.9. The molecule has 3 heteroatoms. The van der Waals surface area contributed by atoms with E-state index in [1.54, 1.807) is 0 Å². The van der Waals surface area contributed by atoms with Crippen molar-refractivity contribution in [3.05, 3.63) is 28.2 Å². The van der Waals surface area contributed by atoms with Crippen LogP contribution in [-0.4, -0.2) is 6.54 Å². The van der Waals surface area contributed by atoms with Gasteiger partial charge in [0, 0.05) is 16.7 Å². The first-order valence-electron chi connectivity index (χ1n) is 6.51. The molecule has 0 spiro atoms. The zero-order valence-electron chi connectivity index (χ0n) is 11.7. The Kier molecular flexibility index (Phi) is 3.50. The molecule has 0 radical (unpaired) electrons. The summed E-state index contributed by atoms with van der Waals surface area (Å²) in [5, 5.41) is 3.56. The molecule has 0 amide bonds. The molecule has 0 aliphatic heterocycles. The van der Waals surface area contributed by atoms with Crippen LogP contribution in [0.15, 0.2) is 22.7 Å². The number of halogens is 1. The molecule has 2 rings (SSSR count). The molecule has 1 aromatic rings. The van der Waals surface area contributed by atoms with E-state index in [4.69, 9.17) is 5.73 Å². The zero-order chi connectivity index (χ0) is 13.6. The molecule has 0 heterocycles. The predicted molar refractivity (Wildman–Crippen MR) is 81.3 cm³/mol. The highest BCUT2D eigenvalue weighted by Gasteiger charge is 2.63. The minimum atomic E-state index is 0.451. The molecule has 2 nitrogen and oxygen atoms in total. The lowest BCUT2D eigenvalue weighted by atomic mass is 10.0. The average Bonchev–Trinajstić information content (AvgIpc) is 2.65. The number of rotatable bonds is 4. The van der Waals surface area contributed by atoms with Gasteiger partial charge in [0.2, 0.25) is 0 Å². The Balaban J connectivity index is 1.89. The van der Waals surface area contributed by atoms with E-state index in [0.29, 0.717) is 10.8 Å². The summed E-state index contributed by atoms with van der Waals surface area (Å²) in [6, 6.07) is 5.96. The van der Waals surface area contributed by atoms with Gasteiger partial charge in [0.15, 0.2) is 0 Å². The molecule has 0 bridgehead atoms. The predicted octanol–water partition coefficient (Wildman–Crippen LogP) is 3.80. The van der Waals surface area contributed by atoms with Gasteiger partial charge in [-0.3, -0.25) is 0 Å². The van der Waals surface area contributed by atoms with Crippen molar-refractivity contribution in [2.75, 3.05) is 12.3 Å². The topological polar surface area (TPSA) is 38.0 Å². The third-order valence-corrected chi connectivity index (χ3v) is 5.83. The van der Waals surface area contributed by atoms with Gasteiger partial charge in [0.05, 0.1) is 0 Å². The SMILES string of the molecule is CC1(C)C(CNCc2cc(N)ccc2Br)C1(C)C. The maximum Gasteiger partial charge on any atom is 0.0318 e. The van der Waals surface area contributed by atoms with E-state index in [1.165, 1.54) is 5.56 Å². The Morgan fingerprint density at radius 3 is 2.39 bits per heavy atom. The zero-order valence-corrected chi connectivity index (χ0v) is 13.3. The van der Waals surface area contributed by atoms with Crippen molar-refractivity contribution >= 4 is 21.6 Å². The summed E-state index contributed by atoms with van der Waals surface area (Å²) in [4.78, 5) is 0. The highest BCUT2D eigenvalue weighted by atomic mass is 79.9. The standard InChI is InChI=1S/C15H23BrN2/c1-14(2)13(15(14,3)4)9-18-8-10-7-11(17)5-6-12(10)16/h5-7,13,18H,8-9,17H2,1-4H3. The molecule has 0 atom stereocenters. The van der Waals surface area contributed by atoms with Crippen LogP contribution in [0.25, 0.3) is 0 Å². The number of anilines is 1. The minimum absolute atomic E-state index is 0.451. The Hall–Kier alpha value is -0.540. The number of nitrogen functional groups attached to an aromatic ring is 1. The first-order valence-corrected chi connectivity index (χ1v) is 7.30. The van der Waals surface area contributed by atoms with E-state index in [9.17, 15) is 0 Å². The normalized spacial score (nSPS) is 20.9. The van der Waals surface area contributed by atoms with Crippen molar-refractivity contribution in [1.29, 1.82) is 0 Å². The molecule has 1 aliphatic carbocycles. The monoisotopic (exact) mass is 310 g/mol. The van der Waals surface area contributed by atoms with Gasteiger partial charge >= 0.3 is 0 Å². The van der Waals surface area contributed by atoms with Crippen LogP contribution < -0.4 is 11.1 Å². The maximum absolute atomic E-state index is 5.81. The van der Waals surface area contributed by atoms with Gasteiger partial charge in [-0.2, -0.15) is 0 Å². The van der Waals surface area contributed by atoms with Crippen LogP contribution in [0, 0.1) is 16.7 Å². The smallest absolute Gasteiger partial charge is 0.0318 e. The fourth-order valence-electron chi connectivity index (χ4n) is 2.92. The molecule has 18 heavy (non-hydrogen) atoms. The van der Waals surface area contributed by atoms with Crippen molar-refractivity contribution in [1.82, 2.24) is 5.32 Å². The van der Waals surface area contributed by atoms with Crippen molar-refractivity contribution in [2.24, 2.45) is 16.7 Å². The Morgan fingerprint density at radius 2 is 1.83 bits per heavy atom. The number of benzene rings is 1. The van der Waals surface area contributed by atoms with Crippen molar-refractivity contribution < 1.29 is 0 Å². The average molecular weight is 311 g/mol. The van der Waals surface area contributed by atoms with Crippen LogP contribution in [0.4, 0.5) is 5.69 Å². The van der Waals surface area contributed by atoms with Crippen LogP contribution in [0.5, 0.6) is 0 Å². The summed E-state index contributed by atoms with van der Waals surface area (Å²) < 4.78 is 1.12. The molecule has 0 saturated heterocycles.